The van der Waals surface area contributed by atoms with Crippen molar-refractivity contribution in [2.45, 2.75) is 13.5 Å². The van der Waals surface area contributed by atoms with Crippen molar-refractivity contribution in [3.63, 3.8) is 0 Å². The van der Waals surface area contributed by atoms with Gasteiger partial charge in [-0.3, -0.25) is 0 Å². The molecule has 8 heteroatoms. The van der Waals surface area contributed by atoms with E-state index in [-0.39, 0.29) is 23.1 Å². The maximum atomic E-state index is 12.3. The van der Waals surface area contributed by atoms with Crippen LogP contribution < -0.4 is 9.47 Å². The van der Waals surface area contributed by atoms with Gasteiger partial charge >= 0.3 is 5.97 Å². The van der Waals surface area contributed by atoms with Crippen LogP contribution in [0.5, 0.6) is 11.5 Å². The number of carbonyl (C=O) groups is 1. The van der Waals surface area contributed by atoms with Crippen LogP contribution >= 0.6 is 11.6 Å². The monoisotopic (exact) mass is 388 g/mol. The summed E-state index contributed by atoms with van der Waals surface area (Å²) in [4.78, 5) is 16.5. The van der Waals surface area contributed by atoms with Crippen LogP contribution in [0.3, 0.4) is 0 Å². The molecule has 0 radical (unpaired) electrons. The Labute approximate surface area is 160 Å². The predicted octanol–water partition coefficient (Wildman–Crippen LogP) is 4.07. The highest BCUT2D eigenvalue weighted by Gasteiger charge is 2.17. The molecular formula is C19H17ClN2O5. The van der Waals surface area contributed by atoms with E-state index in [1.807, 2.05) is 31.2 Å². The lowest BCUT2D eigenvalue weighted by molar-refractivity contribution is 0.0429. The molecule has 2 aromatic carbocycles. The first kappa shape index (κ1) is 18.7. The number of aromatic nitrogens is 2. The summed E-state index contributed by atoms with van der Waals surface area (Å²) in [5.74, 6) is 0.681. The first-order valence-electron chi connectivity index (χ1n) is 8.00. The molecule has 0 saturated carbocycles. The van der Waals surface area contributed by atoms with E-state index in [1.165, 1.54) is 26.4 Å². The number of hydrogen-bond acceptors (Lipinski definition) is 7. The number of benzene rings is 2. The highest BCUT2D eigenvalue weighted by Crippen LogP contribution is 2.36. The summed E-state index contributed by atoms with van der Waals surface area (Å²) in [6, 6.07) is 10.6. The Morgan fingerprint density at radius 2 is 1.89 bits per heavy atom. The van der Waals surface area contributed by atoms with Crippen molar-refractivity contribution in [1.29, 1.82) is 0 Å². The Bertz CT molecular complexity index is 953. The summed E-state index contributed by atoms with van der Waals surface area (Å²) < 4.78 is 20.7. The Balaban J connectivity index is 1.69. The van der Waals surface area contributed by atoms with Gasteiger partial charge in [0, 0.05) is 5.56 Å². The second-order valence-corrected chi connectivity index (χ2v) is 6.05. The number of esters is 1. The number of nitrogens with zero attached hydrogens (tertiary/aromatic N) is 2. The van der Waals surface area contributed by atoms with Gasteiger partial charge in [-0.25, -0.2) is 4.79 Å². The zero-order chi connectivity index (χ0) is 19.4. The zero-order valence-electron chi connectivity index (χ0n) is 15.0. The van der Waals surface area contributed by atoms with Crippen LogP contribution in [0.15, 0.2) is 40.9 Å². The summed E-state index contributed by atoms with van der Waals surface area (Å²) in [6.07, 6.45) is 0. The second kappa shape index (κ2) is 8.09. The number of carbonyl (C=O) groups excluding carboxylic acids is 1. The predicted molar refractivity (Wildman–Crippen MR) is 98.1 cm³/mol. The third kappa shape index (κ3) is 4.20. The van der Waals surface area contributed by atoms with E-state index in [2.05, 4.69) is 10.1 Å². The average molecular weight is 389 g/mol. The van der Waals surface area contributed by atoms with Crippen LogP contribution in [0.25, 0.3) is 11.4 Å². The maximum absolute atomic E-state index is 12.3. The standard InChI is InChI=1S/C19H17ClN2O5/c1-11-4-6-12(7-5-11)18-21-16(27-22-18)10-26-19(23)13-8-14(20)17(25-3)15(9-13)24-2/h4-9H,10H2,1-3H3. The van der Waals surface area contributed by atoms with Crippen molar-refractivity contribution >= 4 is 17.6 Å². The van der Waals surface area contributed by atoms with Gasteiger partial charge in [0.05, 0.1) is 24.8 Å². The molecule has 0 bridgehead atoms. The number of rotatable bonds is 6. The highest BCUT2D eigenvalue weighted by molar-refractivity contribution is 6.32. The molecule has 0 aliphatic carbocycles. The molecule has 7 nitrogen and oxygen atoms in total. The van der Waals surface area contributed by atoms with Gasteiger partial charge in [-0.05, 0) is 19.1 Å². The van der Waals surface area contributed by atoms with E-state index in [9.17, 15) is 4.79 Å². The highest BCUT2D eigenvalue weighted by atomic mass is 35.5. The quantitative estimate of drug-likeness (QED) is 0.588. The third-order valence-electron chi connectivity index (χ3n) is 3.77. The zero-order valence-corrected chi connectivity index (χ0v) is 15.7. The molecule has 0 unspecified atom stereocenters. The van der Waals surface area contributed by atoms with Crippen LogP contribution in [0.1, 0.15) is 21.8 Å². The summed E-state index contributed by atoms with van der Waals surface area (Å²) in [6.45, 7) is 1.83. The van der Waals surface area contributed by atoms with E-state index in [0.717, 1.165) is 11.1 Å². The summed E-state index contributed by atoms with van der Waals surface area (Å²) in [5, 5.41) is 4.14. The molecule has 140 valence electrons. The van der Waals surface area contributed by atoms with Crippen LogP contribution in [-0.4, -0.2) is 30.3 Å². The van der Waals surface area contributed by atoms with Crippen LogP contribution in [0, 0.1) is 6.92 Å². The fraction of sp³-hybridized carbons (Fsp3) is 0.211. The molecule has 0 aliphatic heterocycles. The summed E-state index contributed by atoms with van der Waals surface area (Å²) >= 11 is 6.10. The third-order valence-corrected chi connectivity index (χ3v) is 4.05. The SMILES string of the molecule is COc1cc(C(=O)OCc2nc(-c3ccc(C)cc3)no2)cc(Cl)c1OC. The Morgan fingerprint density at radius 1 is 1.15 bits per heavy atom. The first-order chi connectivity index (χ1) is 13.0. The average Bonchev–Trinajstić information content (AvgIpc) is 3.15. The lowest BCUT2D eigenvalue weighted by Gasteiger charge is -2.11. The van der Waals surface area contributed by atoms with E-state index in [0.29, 0.717) is 17.3 Å². The van der Waals surface area contributed by atoms with Gasteiger partial charge in [0.25, 0.3) is 5.89 Å². The number of halogens is 1. The molecule has 0 N–H and O–H groups in total. The van der Waals surface area contributed by atoms with Gasteiger partial charge in [-0.15, -0.1) is 0 Å². The van der Waals surface area contributed by atoms with E-state index in [1.54, 1.807) is 0 Å². The summed E-state index contributed by atoms with van der Waals surface area (Å²) in [7, 11) is 2.91. The van der Waals surface area contributed by atoms with Crippen molar-refractivity contribution in [1.82, 2.24) is 10.1 Å². The molecule has 0 aliphatic rings. The normalized spacial score (nSPS) is 10.5. The number of hydrogen-bond donors (Lipinski definition) is 0. The largest absolute Gasteiger partial charge is 0.493 e. The first-order valence-corrected chi connectivity index (χ1v) is 8.38. The van der Waals surface area contributed by atoms with Crippen molar-refractivity contribution < 1.29 is 23.5 Å². The Hall–Kier alpha value is -3.06. The maximum Gasteiger partial charge on any atom is 0.338 e. The Morgan fingerprint density at radius 3 is 2.56 bits per heavy atom. The van der Waals surface area contributed by atoms with E-state index in [4.69, 9.17) is 30.3 Å². The lowest BCUT2D eigenvalue weighted by Crippen LogP contribution is -2.06. The minimum Gasteiger partial charge on any atom is -0.493 e. The Kier molecular flexibility index (Phi) is 5.61. The van der Waals surface area contributed by atoms with Gasteiger partial charge in [-0.2, -0.15) is 4.98 Å². The molecular weight excluding hydrogens is 372 g/mol. The fourth-order valence-electron chi connectivity index (χ4n) is 2.38. The molecule has 0 atom stereocenters. The van der Waals surface area contributed by atoms with Crippen molar-refractivity contribution in [2.75, 3.05) is 14.2 Å². The molecule has 27 heavy (non-hydrogen) atoms. The van der Waals surface area contributed by atoms with E-state index >= 15 is 0 Å². The molecule has 1 aromatic heterocycles. The van der Waals surface area contributed by atoms with Crippen LogP contribution in [0.4, 0.5) is 0 Å². The molecule has 0 spiro atoms. The van der Waals surface area contributed by atoms with E-state index < -0.39 is 5.97 Å². The molecule has 1 heterocycles. The molecule has 0 amide bonds. The second-order valence-electron chi connectivity index (χ2n) is 5.65. The van der Waals surface area contributed by atoms with Gasteiger partial charge in [0.1, 0.15) is 0 Å². The van der Waals surface area contributed by atoms with Gasteiger partial charge in [0.15, 0.2) is 18.1 Å². The smallest absolute Gasteiger partial charge is 0.338 e. The number of aryl methyl sites for hydroxylation is 1. The number of ether oxygens (including phenoxy) is 3. The fourth-order valence-corrected chi connectivity index (χ4v) is 2.67. The molecule has 0 fully saturated rings. The van der Waals surface area contributed by atoms with Gasteiger partial charge < -0.3 is 18.7 Å². The minimum atomic E-state index is -0.604. The van der Waals surface area contributed by atoms with Crippen molar-refractivity contribution in [2.24, 2.45) is 0 Å². The van der Waals surface area contributed by atoms with Crippen LogP contribution in [-0.2, 0) is 11.3 Å². The van der Waals surface area contributed by atoms with Crippen molar-refractivity contribution in [3.05, 3.63) is 58.4 Å². The molecule has 3 aromatic rings. The van der Waals surface area contributed by atoms with Crippen LogP contribution in [0.2, 0.25) is 5.02 Å². The van der Waals surface area contributed by atoms with Crippen molar-refractivity contribution in [3.8, 4) is 22.9 Å². The molecule has 3 rings (SSSR count). The number of methoxy groups -OCH3 is 2. The van der Waals surface area contributed by atoms with Gasteiger partial charge in [-0.1, -0.05) is 46.6 Å². The molecule has 0 saturated heterocycles. The van der Waals surface area contributed by atoms with Gasteiger partial charge in [0.2, 0.25) is 5.82 Å². The summed E-state index contributed by atoms with van der Waals surface area (Å²) in [5.41, 5.74) is 2.16. The topological polar surface area (TPSA) is 83.7 Å². The minimum absolute atomic E-state index is 0.163. The lowest BCUT2D eigenvalue weighted by atomic mass is 10.1.